The molecule has 0 bridgehead atoms. The summed E-state index contributed by atoms with van der Waals surface area (Å²) in [5, 5.41) is 0.828. The Morgan fingerprint density at radius 1 is 1.25 bits per heavy atom. The molecule has 1 aliphatic rings. The number of alkyl halides is 1. The number of fused-ring (bicyclic) bond motifs is 1. The standard InChI is InChI=1S/C21H26FN3O2.C8H7BrClNO2/c1-13(2)10-21(3,23)12-27-18-6-5-14(9-16(18)22)15-7-8-24-17-11-25(4)20(26)19(15)17;1-13-8(12)7-5(10)2-3-11-6(7)4-9/h5-9,13H,10-12,23H2,1-4H3;2-3H,4H2,1H3/t21-;/m0./s1. The second kappa shape index (κ2) is 13.5. The van der Waals surface area contributed by atoms with E-state index in [-0.39, 0.29) is 18.3 Å². The van der Waals surface area contributed by atoms with Crippen LogP contribution in [0, 0.1) is 11.7 Å². The highest BCUT2D eigenvalue weighted by Gasteiger charge is 2.29. The number of benzene rings is 1. The van der Waals surface area contributed by atoms with Crippen molar-refractivity contribution in [1.82, 2.24) is 14.9 Å². The number of esters is 1. The van der Waals surface area contributed by atoms with Gasteiger partial charge in [-0.3, -0.25) is 14.8 Å². The van der Waals surface area contributed by atoms with E-state index in [4.69, 9.17) is 22.1 Å². The van der Waals surface area contributed by atoms with Gasteiger partial charge in [0.15, 0.2) is 11.6 Å². The highest BCUT2D eigenvalue weighted by Crippen LogP contribution is 2.33. The molecule has 0 aliphatic carbocycles. The maximum Gasteiger partial charge on any atom is 0.341 e. The molecule has 11 heteroatoms. The van der Waals surface area contributed by atoms with E-state index in [2.05, 4.69) is 44.5 Å². The number of amides is 1. The zero-order valence-corrected chi connectivity index (χ0v) is 25.5. The van der Waals surface area contributed by atoms with E-state index in [1.54, 1.807) is 48.6 Å². The normalized spacial score (nSPS) is 13.8. The molecule has 0 saturated heterocycles. The molecule has 1 aliphatic heterocycles. The van der Waals surface area contributed by atoms with E-state index in [9.17, 15) is 14.0 Å². The van der Waals surface area contributed by atoms with Gasteiger partial charge in [0.05, 0.1) is 35.6 Å². The van der Waals surface area contributed by atoms with E-state index in [0.29, 0.717) is 56.5 Å². The molecule has 0 fully saturated rings. The molecular weight excluding hydrogens is 603 g/mol. The van der Waals surface area contributed by atoms with Crippen LogP contribution in [0.5, 0.6) is 5.75 Å². The molecule has 1 atom stereocenters. The topological polar surface area (TPSA) is 108 Å². The van der Waals surface area contributed by atoms with Gasteiger partial charge in [0.25, 0.3) is 5.91 Å². The third-order valence-corrected chi connectivity index (χ3v) is 6.99. The zero-order valence-electron chi connectivity index (χ0n) is 23.1. The van der Waals surface area contributed by atoms with Gasteiger partial charge in [-0.15, -0.1) is 0 Å². The second-order valence-corrected chi connectivity index (χ2v) is 11.2. The molecular formula is C29H33BrClFN4O4. The highest BCUT2D eigenvalue weighted by atomic mass is 79.9. The minimum atomic E-state index is -0.526. The quantitative estimate of drug-likeness (QED) is 0.238. The Balaban J connectivity index is 0.000000285. The van der Waals surface area contributed by atoms with Crippen molar-refractivity contribution in [2.45, 2.75) is 44.6 Å². The lowest BCUT2D eigenvalue weighted by Gasteiger charge is -2.26. The van der Waals surface area contributed by atoms with E-state index >= 15 is 0 Å². The van der Waals surface area contributed by atoms with Crippen LogP contribution in [0.4, 0.5) is 4.39 Å². The van der Waals surface area contributed by atoms with Crippen molar-refractivity contribution in [3.63, 3.8) is 0 Å². The van der Waals surface area contributed by atoms with Crippen molar-refractivity contribution >= 4 is 39.4 Å². The molecule has 2 aromatic heterocycles. The maximum absolute atomic E-state index is 14.6. The number of pyridine rings is 2. The summed E-state index contributed by atoms with van der Waals surface area (Å²) in [6.45, 7) is 6.78. The third-order valence-electron chi connectivity index (χ3n) is 6.15. The average molecular weight is 636 g/mol. The van der Waals surface area contributed by atoms with Crippen LogP contribution in [0.2, 0.25) is 5.02 Å². The van der Waals surface area contributed by atoms with Gasteiger partial charge in [0.2, 0.25) is 0 Å². The average Bonchev–Trinajstić information content (AvgIpc) is 3.20. The fraction of sp³-hybridized carbons (Fsp3) is 0.379. The van der Waals surface area contributed by atoms with Crippen LogP contribution in [-0.2, 0) is 16.6 Å². The number of hydrogen-bond acceptors (Lipinski definition) is 7. The minimum absolute atomic E-state index is 0.0959. The summed E-state index contributed by atoms with van der Waals surface area (Å²) in [7, 11) is 3.04. The lowest BCUT2D eigenvalue weighted by atomic mass is 9.93. The number of nitrogens with two attached hydrogens (primary N) is 1. The van der Waals surface area contributed by atoms with E-state index < -0.39 is 17.3 Å². The Morgan fingerprint density at radius 3 is 2.58 bits per heavy atom. The van der Waals surface area contributed by atoms with E-state index in [1.807, 2.05) is 6.92 Å². The van der Waals surface area contributed by atoms with E-state index in [1.165, 1.54) is 13.2 Å². The van der Waals surface area contributed by atoms with Gasteiger partial charge in [-0.05, 0) is 54.7 Å². The van der Waals surface area contributed by atoms with Gasteiger partial charge in [-0.1, -0.05) is 47.4 Å². The predicted octanol–water partition coefficient (Wildman–Crippen LogP) is 6.03. The first-order chi connectivity index (χ1) is 18.9. The molecule has 8 nitrogen and oxygen atoms in total. The fourth-order valence-electron chi connectivity index (χ4n) is 4.51. The van der Waals surface area contributed by atoms with Gasteiger partial charge in [-0.25, -0.2) is 9.18 Å². The van der Waals surface area contributed by atoms with Gasteiger partial charge < -0.3 is 20.1 Å². The SMILES string of the molecule is CC(C)C[C@](C)(N)COc1ccc(-c2ccnc3c2C(=O)N(C)C3)cc1F.COC(=O)c1c(Cl)ccnc1CBr. The number of halogens is 3. The lowest BCUT2D eigenvalue weighted by molar-refractivity contribution is 0.0599. The summed E-state index contributed by atoms with van der Waals surface area (Å²) in [6, 6.07) is 8.04. The number of aromatic nitrogens is 2. The van der Waals surface area contributed by atoms with Crippen molar-refractivity contribution in [2.24, 2.45) is 11.7 Å². The molecule has 1 aromatic carbocycles. The van der Waals surface area contributed by atoms with Gasteiger partial charge >= 0.3 is 5.97 Å². The Hall–Kier alpha value is -3.08. The number of methoxy groups -OCH3 is 1. The summed E-state index contributed by atoms with van der Waals surface area (Å²) in [4.78, 5) is 33.5. The molecule has 0 spiro atoms. The summed E-state index contributed by atoms with van der Waals surface area (Å²) in [5.74, 6) is -0.445. The molecule has 214 valence electrons. The van der Waals surface area contributed by atoms with Crippen LogP contribution < -0.4 is 10.5 Å². The lowest BCUT2D eigenvalue weighted by Crippen LogP contribution is -2.43. The Morgan fingerprint density at radius 2 is 1.95 bits per heavy atom. The summed E-state index contributed by atoms with van der Waals surface area (Å²) in [6.07, 6.45) is 3.98. The summed E-state index contributed by atoms with van der Waals surface area (Å²) in [5.41, 5.74) is 9.18. The maximum atomic E-state index is 14.6. The number of carbonyl (C=O) groups is 2. The van der Waals surface area contributed by atoms with Crippen LogP contribution >= 0.6 is 27.5 Å². The first kappa shape index (κ1) is 31.4. The number of hydrogen-bond donors (Lipinski definition) is 1. The second-order valence-electron chi connectivity index (χ2n) is 10.3. The molecule has 0 saturated carbocycles. The number of ether oxygens (including phenoxy) is 2. The first-order valence-corrected chi connectivity index (χ1v) is 14.1. The minimum Gasteiger partial charge on any atom is -0.489 e. The highest BCUT2D eigenvalue weighted by molar-refractivity contribution is 9.08. The van der Waals surface area contributed by atoms with Crippen LogP contribution in [0.15, 0.2) is 42.7 Å². The largest absolute Gasteiger partial charge is 0.489 e. The zero-order chi connectivity index (χ0) is 29.6. The fourth-order valence-corrected chi connectivity index (χ4v) is 5.18. The van der Waals surface area contributed by atoms with Crippen molar-refractivity contribution in [2.75, 3.05) is 20.8 Å². The Bertz CT molecular complexity index is 1390. The molecule has 2 N–H and O–H groups in total. The number of nitrogens with zero attached hydrogens (tertiary/aromatic N) is 3. The molecule has 0 radical (unpaired) electrons. The Kier molecular flexibility index (Phi) is 10.6. The molecule has 3 aromatic rings. The van der Waals surface area contributed by atoms with Gasteiger partial charge in [0, 0.05) is 30.3 Å². The number of carbonyl (C=O) groups excluding carboxylic acids is 2. The molecule has 40 heavy (non-hydrogen) atoms. The van der Waals surface area contributed by atoms with Gasteiger partial charge in [0.1, 0.15) is 12.2 Å². The van der Waals surface area contributed by atoms with Crippen molar-refractivity contribution in [3.05, 3.63) is 76.1 Å². The third kappa shape index (κ3) is 7.56. The first-order valence-electron chi connectivity index (χ1n) is 12.6. The van der Waals surface area contributed by atoms with Crippen LogP contribution in [0.25, 0.3) is 11.1 Å². The van der Waals surface area contributed by atoms with Crippen LogP contribution in [0.3, 0.4) is 0 Å². The molecule has 1 amide bonds. The van der Waals surface area contributed by atoms with Gasteiger partial charge in [-0.2, -0.15) is 0 Å². The van der Waals surface area contributed by atoms with Crippen molar-refractivity contribution < 1.29 is 23.5 Å². The summed E-state index contributed by atoms with van der Waals surface area (Å²) >= 11 is 9.03. The molecule has 3 heterocycles. The van der Waals surface area contributed by atoms with Crippen LogP contribution in [0.1, 0.15) is 59.3 Å². The predicted molar refractivity (Wildman–Crippen MR) is 156 cm³/mol. The molecule has 4 rings (SSSR count). The molecule has 0 unspecified atom stereocenters. The smallest absolute Gasteiger partial charge is 0.341 e. The van der Waals surface area contributed by atoms with E-state index in [0.717, 1.165) is 6.42 Å². The van der Waals surface area contributed by atoms with Crippen LogP contribution in [-0.4, -0.2) is 53.0 Å². The van der Waals surface area contributed by atoms with Crippen molar-refractivity contribution in [3.8, 4) is 16.9 Å². The Labute approximate surface area is 247 Å². The van der Waals surface area contributed by atoms with Crippen molar-refractivity contribution in [1.29, 1.82) is 0 Å². The number of rotatable bonds is 8. The summed E-state index contributed by atoms with van der Waals surface area (Å²) < 4.78 is 24.8. The monoisotopic (exact) mass is 634 g/mol.